The second-order valence-electron chi connectivity index (χ2n) is 6.17. The van der Waals surface area contributed by atoms with Crippen LogP contribution in [0.1, 0.15) is 58.3 Å². The Morgan fingerprint density at radius 2 is 1.71 bits per heavy atom. The Labute approximate surface area is 107 Å². The van der Waals surface area contributed by atoms with Crippen LogP contribution in [-0.4, -0.2) is 37.1 Å². The highest BCUT2D eigenvalue weighted by Crippen LogP contribution is 2.18. The molecule has 0 amide bonds. The van der Waals surface area contributed by atoms with Crippen LogP contribution in [0.2, 0.25) is 0 Å². The van der Waals surface area contributed by atoms with Crippen molar-refractivity contribution < 1.29 is 0 Å². The van der Waals surface area contributed by atoms with Gasteiger partial charge in [-0.3, -0.25) is 0 Å². The van der Waals surface area contributed by atoms with Crippen molar-refractivity contribution in [2.45, 2.75) is 64.3 Å². The minimum absolute atomic E-state index is 0.838. The molecule has 2 heteroatoms. The molecule has 0 spiro atoms. The van der Waals surface area contributed by atoms with Gasteiger partial charge in [-0.15, -0.1) is 0 Å². The number of piperidine rings is 1. The fourth-order valence-electron chi connectivity index (χ4n) is 3.20. The van der Waals surface area contributed by atoms with Gasteiger partial charge in [-0.1, -0.05) is 26.2 Å². The first kappa shape index (κ1) is 13.4. The van der Waals surface area contributed by atoms with E-state index in [0.29, 0.717) is 0 Å². The zero-order valence-corrected chi connectivity index (χ0v) is 11.6. The maximum atomic E-state index is 3.74. The largest absolute Gasteiger partial charge is 0.314 e. The Balaban J connectivity index is 1.48. The van der Waals surface area contributed by atoms with E-state index in [0.717, 1.165) is 12.0 Å². The summed E-state index contributed by atoms with van der Waals surface area (Å²) in [5.74, 6) is 0.964. The summed E-state index contributed by atoms with van der Waals surface area (Å²) in [5.41, 5.74) is 0. The Morgan fingerprint density at radius 3 is 2.41 bits per heavy atom. The number of nitrogens with one attached hydrogen (secondary N) is 1. The second-order valence-corrected chi connectivity index (χ2v) is 6.17. The van der Waals surface area contributed by atoms with Gasteiger partial charge >= 0.3 is 0 Å². The quantitative estimate of drug-likeness (QED) is 0.741. The van der Waals surface area contributed by atoms with Crippen molar-refractivity contribution in [3.63, 3.8) is 0 Å². The molecule has 2 rings (SSSR count). The van der Waals surface area contributed by atoms with Gasteiger partial charge in [0, 0.05) is 6.04 Å². The molecule has 1 N–H and O–H groups in total. The highest BCUT2D eigenvalue weighted by atomic mass is 15.1. The maximum absolute atomic E-state index is 3.74. The standard InChI is InChI=1S/C15H30N2/c1-14-8-12-17(13-9-14)11-5-10-16-15-6-3-2-4-7-15/h14-16H,2-13H2,1H3. The summed E-state index contributed by atoms with van der Waals surface area (Å²) in [6.45, 7) is 7.61. The zero-order valence-electron chi connectivity index (χ0n) is 11.6. The van der Waals surface area contributed by atoms with Gasteiger partial charge in [0.25, 0.3) is 0 Å². The number of hydrogen-bond donors (Lipinski definition) is 1. The summed E-state index contributed by atoms with van der Waals surface area (Å²) in [4.78, 5) is 2.66. The van der Waals surface area contributed by atoms with E-state index in [1.807, 2.05) is 0 Å². The summed E-state index contributed by atoms with van der Waals surface area (Å²) in [6.07, 6.45) is 11.4. The van der Waals surface area contributed by atoms with Gasteiger partial charge in [0.05, 0.1) is 0 Å². The predicted molar refractivity (Wildman–Crippen MR) is 74.3 cm³/mol. The van der Waals surface area contributed by atoms with Gasteiger partial charge in [0.15, 0.2) is 0 Å². The fourth-order valence-corrected chi connectivity index (χ4v) is 3.20. The minimum Gasteiger partial charge on any atom is -0.314 e. The molecule has 2 aliphatic rings. The highest BCUT2D eigenvalue weighted by molar-refractivity contribution is 4.73. The summed E-state index contributed by atoms with van der Waals surface area (Å²) < 4.78 is 0. The molecule has 0 unspecified atom stereocenters. The number of nitrogens with zero attached hydrogens (tertiary/aromatic N) is 1. The van der Waals surface area contributed by atoms with Gasteiger partial charge < -0.3 is 10.2 Å². The van der Waals surface area contributed by atoms with Crippen LogP contribution in [0, 0.1) is 5.92 Å². The van der Waals surface area contributed by atoms with E-state index in [9.17, 15) is 0 Å². The monoisotopic (exact) mass is 238 g/mol. The average Bonchev–Trinajstić information content (AvgIpc) is 2.38. The number of likely N-dealkylation sites (tertiary alicyclic amines) is 1. The van der Waals surface area contributed by atoms with Gasteiger partial charge in [0.1, 0.15) is 0 Å². The average molecular weight is 238 g/mol. The number of rotatable bonds is 5. The molecule has 1 saturated carbocycles. The molecule has 1 aliphatic carbocycles. The van der Waals surface area contributed by atoms with Crippen molar-refractivity contribution in [3.05, 3.63) is 0 Å². The molecular formula is C15H30N2. The third-order valence-corrected chi connectivity index (χ3v) is 4.57. The first-order valence-corrected chi connectivity index (χ1v) is 7.80. The van der Waals surface area contributed by atoms with E-state index in [-0.39, 0.29) is 0 Å². The first-order chi connectivity index (χ1) is 8.34. The van der Waals surface area contributed by atoms with Gasteiger partial charge in [0.2, 0.25) is 0 Å². The molecule has 100 valence electrons. The SMILES string of the molecule is CC1CCN(CCCNC2CCCCC2)CC1. The Kier molecular flexibility index (Phi) is 5.79. The Hall–Kier alpha value is -0.0800. The van der Waals surface area contributed by atoms with Crippen LogP contribution in [0.25, 0.3) is 0 Å². The summed E-state index contributed by atoms with van der Waals surface area (Å²) in [7, 11) is 0. The van der Waals surface area contributed by atoms with Crippen LogP contribution < -0.4 is 5.32 Å². The van der Waals surface area contributed by atoms with Crippen molar-refractivity contribution in [3.8, 4) is 0 Å². The molecule has 0 bridgehead atoms. The lowest BCUT2D eigenvalue weighted by molar-refractivity contribution is 0.189. The van der Waals surface area contributed by atoms with Crippen LogP contribution in [0.3, 0.4) is 0 Å². The summed E-state index contributed by atoms with van der Waals surface area (Å²) >= 11 is 0. The normalized spacial score (nSPS) is 25.2. The van der Waals surface area contributed by atoms with E-state index in [2.05, 4.69) is 17.1 Å². The van der Waals surface area contributed by atoms with Crippen LogP contribution >= 0.6 is 0 Å². The van der Waals surface area contributed by atoms with Crippen molar-refractivity contribution in [2.24, 2.45) is 5.92 Å². The molecule has 1 aliphatic heterocycles. The van der Waals surface area contributed by atoms with Crippen LogP contribution in [-0.2, 0) is 0 Å². The molecule has 0 atom stereocenters. The van der Waals surface area contributed by atoms with Crippen molar-refractivity contribution in [1.82, 2.24) is 10.2 Å². The molecule has 0 aromatic rings. The molecule has 1 heterocycles. The van der Waals surface area contributed by atoms with Gasteiger partial charge in [-0.05, 0) is 64.2 Å². The number of hydrogen-bond acceptors (Lipinski definition) is 2. The van der Waals surface area contributed by atoms with Crippen molar-refractivity contribution in [1.29, 1.82) is 0 Å². The molecule has 2 fully saturated rings. The second kappa shape index (κ2) is 7.38. The first-order valence-electron chi connectivity index (χ1n) is 7.80. The van der Waals surface area contributed by atoms with E-state index in [4.69, 9.17) is 0 Å². The molecule has 17 heavy (non-hydrogen) atoms. The third kappa shape index (κ3) is 4.97. The van der Waals surface area contributed by atoms with Crippen LogP contribution in [0.4, 0.5) is 0 Å². The predicted octanol–water partition coefficient (Wildman–Crippen LogP) is 3.03. The molecule has 0 radical (unpaired) electrons. The smallest absolute Gasteiger partial charge is 0.00670 e. The summed E-state index contributed by atoms with van der Waals surface area (Å²) in [6, 6.07) is 0.838. The van der Waals surface area contributed by atoms with E-state index in [1.165, 1.54) is 77.5 Å². The van der Waals surface area contributed by atoms with Gasteiger partial charge in [-0.2, -0.15) is 0 Å². The Bertz CT molecular complexity index is 191. The molecule has 2 nitrogen and oxygen atoms in total. The molecular weight excluding hydrogens is 208 g/mol. The van der Waals surface area contributed by atoms with Crippen molar-refractivity contribution >= 4 is 0 Å². The Morgan fingerprint density at radius 1 is 1.00 bits per heavy atom. The van der Waals surface area contributed by atoms with Gasteiger partial charge in [-0.25, -0.2) is 0 Å². The van der Waals surface area contributed by atoms with Crippen LogP contribution in [0.15, 0.2) is 0 Å². The molecule has 0 aromatic carbocycles. The molecule has 0 aromatic heterocycles. The van der Waals surface area contributed by atoms with E-state index >= 15 is 0 Å². The summed E-state index contributed by atoms with van der Waals surface area (Å²) in [5, 5.41) is 3.74. The van der Waals surface area contributed by atoms with Crippen molar-refractivity contribution in [2.75, 3.05) is 26.2 Å². The molecule has 1 saturated heterocycles. The topological polar surface area (TPSA) is 15.3 Å². The highest BCUT2D eigenvalue weighted by Gasteiger charge is 2.15. The van der Waals surface area contributed by atoms with E-state index in [1.54, 1.807) is 0 Å². The minimum atomic E-state index is 0.838. The lowest BCUT2D eigenvalue weighted by atomic mass is 9.95. The zero-order chi connectivity index (χ0) is 11.9. The maximum Gasteiger partial charge on any atom is 0.00670 e. The fraction of sp³-hybridized carbons (Fsp3) is 1.00. The van der Waals surface area contributed by atoms with Crippen LogP contribution in [0.5, 0.6) is 0 Å². The van der Waals surface area contributed by atoms with E-state index < -0.39 is 0 Å². The lowest BCUT2D eigenvalue weighted by Crippen LogP contribution is -2.36. The third-order valence-electron chi connectivity index (χ3n) is 4.57. The lowest BCUT2D eigenvalue weighted by Gasteiger charge is -2.30.